The third kappa shape index (κ3) is 4.28. The molecule has 0 saturated carbocycles. The van der Waals surface area contributed by atoms with Crippen LogP contribution in [0.2, 0.25) is 5.15 Å². The Hall–Kier alpha value is -2.16. The number of hydrogen-bond donors (Lipinski definition) is 1. The normalized spacial score (nSPS) is 11.1. The maximum Gasteiger partial charge on any atom is 0.309 e. The van der Waals surface area contributed by atoms with Crippen molar-refractivity contribution in [2.75, 3.05) is 0 Å². The number of halogens is 2. The molecular formula is C16H11BrClN3O3S. The molecule has 0 bridgehead atoms. The summed E-state index contributed by atoms with van der Waals surface area (Å²) in [5.41, 5.74) is 3.26. The molecule has 0 radical (unpaired) electrons. The first kappa shape index (κ1) is 17.7. The molecule has 9 heteroatoms. The summed E-state index contributed by atoms with van der Waals surface area (Å²) in [5.74, 6) is -0.344. The van der Waals surface area contributed by atoms with E-state index in [4.69, 9.17) is 16.0 Å². The van der Waals surface area contributed by atoms with Gasteiger partial charge in [0.15, 0.2) is 5.76 Å². The van der Waals surface area contributed by atoms with Gasteiger partial charge in [-0.15, -0.1) is 0 Å². The number of nitrogens with zero attached hydrogens (tertiary/aromatic N) is 2. The Morgan fingerprint density at radius 1 is 1.36 bits per heavy atom. The molecular weight excluding hydrogens is 430 g/mol. The van der Waals surface area contributed by atoms with E-state index in [1.54, 1.807) is 6.07 Å². The maximum atomic E-state index is 12.1. The van der Waals surface area contributed by atoms with Crippen LogP contribution in [0.5, 0.6) is 0 Å². The summed E-state index contributed by atoms with van der Waals surface area (Å²) in [6.45, 7) is 0.355. The highest BCUT2D eigenvalue weighted by molar-refractivity contribution is 9.10. The van der Waals surface area contributed by atoms with Crippen LogP contribution in [0.15, 0.2) is 61.4 Å². The van der Waals surface area contributed by atoms with E-state index in [2.05, 4.69) is 26.5 Å². The van der Waals surface area contributed by atoms with Gasteiger partial charge in [-0.3, -0.25) is 14.2 Å². The first-order valence-electron chi connectivity index (χ1n) is 7.05. The fourth-order valence-electron chi connectivity index (χ4n) is 2.00. The van der Waals surface area contributed by atoms with Gasteiger partial charge < -0.3 is 4.42 Å². The molecule has 0 aliphatic heterocycles. The predicted octanol–water partition coefficient (Wildman–Crippen LogP) is 3.73. The molecule has 3 rings (SSSR count). The lowest BCUT2D eigenvalue weighted by Gasteiger charge is -2.04. The highest BCUT2D eigenvalue weighted by Crippen LogP contribution is 2.19. The average molecular weight is 441 g/mol. The molecule has 3 aromatic rings. The molecule has 1 N–H and O–H groups in total. The lowest BCUT2D eigenvalue weighted by molar-refractivity contribution is 0.0927. The number of hydrazone groups is 1. The zero-order valence-electron chi connectivity index (χ0n) is 12.6. The lowest BCUT2D eigenvalue weighted by atomic mass is 10.2. The zero-order valence-corrected chi connectivity index (χ0v) is 15.8. The number of aromatic nitrogens is 1. The summed E-state index contributed by atoms with van der Waals surface area (Å²) in [4.78, 5) is 24.1. The third-order valence-electron chi connectivity index (χ3n) is 3.20. The average Bonchev–Trinajstić information content (AvgIpc) is 3.21. The molecule has 128 valence electrons. The molecule has 2 aromatic heterocycles. The molecule has 0 unspecified atom stereocenters. The van der Waals surface area contributed by atoms with Crippen LogP contribution in [0.25, 0.3) is 0 Å². The molecule has 1 amide bonds. The van der Waals surface area contributed by atoms with Gasteiger partial charge in [0, 0.05) is 4.47 Å². The van der Waals surface area contributed by atoms with Crippen LogP contribution >= 0.6 is 38.9 Å². The molecule has 1 aromatic carbocycles. The first-order valence-corrected chi connectivity index (χ1v) is 9.04. The van der Waals surface area contributed by atoms with Crippen LogP contribution in [-0.2, 0) is 6.54 Å². The molecule has 0 aliphatic carbocycles. The van der Waals surface area contributed by atoms with Crippen molar-refractivity contribution in [2.45, 2.75) is 6.54 Å². The van der Waals surface area contributed by atoms with Crippen molar-refractivity contribution in [3.8, 4) is 0 Å². The number of carbonyl (C=O) groups excluding carboxylic acids is 1. The van der Waals surface area contributed by atoms with E-state index in [1.165, 1.54) is 23.1 Å². The Labute approximate surface area is 159 Å². The van der Waals surface area contributed by atoms with Crippen LogP contribution in [0, 0.1) is 0 Å². The van der Waals surface area contributed by atoms with Crippen molar-refractivity contribution in [1.82, 2.24) is 9.99 Å². The highest BCUT2D eigenvalue weighted by Gasteiger charge is 2.12. The first-order chi connectivity index (χ1) is 12.0. The van der Waals surface area contributed by atoms with Crippen molar-refractivity contribution in [3.05, 3.63) is 78.2 Å². The molecule has 0 fully saturated rings. The van der Waals surface area contributed by atoms with Gasteiger partial charge in [-0.25, -0.2) is 5.43 Å². The minimum absolute atomic E-state index is 0.143. The summed E-state index contributed by atoms with van der Waals surface area (Å²) >= 11 is 10.6. The number of furan rings is 1. The molecule has 2 heterocycles. The fraction of sp³-hybridized carbons (Fsp3) is 0.0625. The Bertz CT molecular complexity index is 962. The number of amides is 1. The predicted molar refractivity (Wildman–Crippen MR) is 101 cm³/mol. The Balaban J connectivity index is 1.73. The third-order valence-corrected chi connectivity index (χ3v) is 5.17. The quantitative estimate of drug-likeness (QED) is 0.485. The molecule has 6 nitrogen and oxygen atoms in total. The van der Waals surface area contributed by atoms with E-state index < -0.39 is 5.91 Å². The van der Waals surface area contributed by atoms with Gasteiger partial charge in [0.05, 0.1) is 23.9 Å². The Morgan fingerprint density at radius 2 is 2.12 bits per heavy atom. The van der Waals surface area contributed by atoms with Crippen LogP contribution in [0.3, 0.4) is 0 Å². The zero-order chi connectivity index (χ0) is 17.8. The summed E-state index contributed by atoms with van der Waals surface area (Å²) in [7, 11) is 0. The smallest absolute Gasteiger partial charge is 0.309 e. The number of benzene rings is 1. The van der Waals surface area contributed by atoms with E-state index in [0.29, 0.717) is 11.4 Å². The van der Waals surface area contributed by atoms with E-state index >= 15 is 0 Å². The molecule has 25 heavy (non-hydrogen) atoms. The molecule has 0 aliphatic rings. The van der Waals surface area contributed by atoms with E-state index in [9.17, 15) is 9.59 Å². The fourth-order valence-corrected chi connectivity index (χ4v) is 3.37. The van der Waals surface area contributed by atoms with Gasteiger partial charge in [0.25, 0.3) is 0 Å². The standard InChI is InChI=1S/C16H11BrClN3O3S/c17-11-5-3-10(4-6-11)9-21-14(18)13(25-16(21)23)8-19-20-15(22)12-2-1-7-24-12/h1-8H,9H2,(H,20,22)/b19-8-. The summed E-state index contributed by atoms with van der Waals surface area (Å²) in [6, 6.07) is 10.7. The van der Waals surface area contributed by atoms with Gasteiger partial charge >= 0.3 is 10.8 Å². The second-order valence-corrected chi connectivity index (χ2v) is 7.18. The van der Waals surface area contributed by atoms with Crippen molar-refractivity contribution in [3.63, 3.8) is 0 Å². The van der Waals surface area contributed by atoms with Crippen molar-refractivity contribution < 1.29 is 9.21 Å². The maximum absolute atomic E-state index is 12.1. The van der Waals surface area contributed by atoms with Crippen molar-refractivity contribution >= 4 is 51.0 Å². The van der Waals surface area contributed by atoms with E-state index in [0.717, 1.165) is 21.4 Å². The number of thiazole rings is 1. The van der Waals surface area contributed by atoms with Crippen LogP contribution in [0.4, 0.5) is 0 Å². The van der Waals surface area contributed by atoms with Crippen molar-refractivity contribution in [2.24, 2.45) is 5.10 Å². The topological polar surface area (TPSA) is 76.6 Å². The largest absolute Gasteiger partial charge is 0.459 e. The summed E-state index contributed by atoms with van der Waals surface area (Å²) in [5, 5.41) is 4.09. The number of carbonyl (C=O) groups is 1. The number of hydrogen-bond acceptors (Lipinski definition) is 5. The minimum atomic E-state index is -0.487. The summed E-state index contributed by atoms with van der Waals surface area (Å²) < 4.78 is 7.36. The minimum Gasteiger partial charge on any atom is -0.459 e. The number of rotatable bonds is 5. The van der Waals surface area contributed by atoms with Crippen LogP contribution < -0.4 is 10.3 Å². The van der Waals surface area contributed by atoms with Crippen molar-refractivity contribution in [1.29, 1.82) is 0 Å². The highest BCUT2D eigenvalue weighted by atomic mass is 79.9. The summed E-state index contributed by atoms with van der Waals surface area (Å²) in [6.07, 6.45) is 2.73. The van der Waals surface area contributed by atoms with Crippen LogP contribution in [-0.4, -0.2) is 16.7 Å². The van der Waals surface area contributed by atoms with Gasteiger partial charge in [-0.05, 0) is 29.8 Å². The molecule has 0 atom stereocenters. The molecule has 0 spiro atoms. The lowest BCUT2D eigenvalue weighted by Crippen LogP contribution is -2.16. The van der Waals surface area contributed by atoms with E-state index in [-0.39, 0.29) is 15.8 Å². The monoisotopic (exact) mass is 439 g/mol. The van der Waals surface area contributed by atoms with Gasteiger partial charge in [0.2, 0.25) is 0 Å². The Kier molecular flexibility index (Phi) is 5.52. The van der Waals surface area contributed by atoms with Crippen LogP contribution in [0.1, 0.15) is 21.0 Å². The Morgan fingerprint density at radius 3 is 2.80 bits per heavy atom. The van der Waals surface area contributed by atoms with Gasteiger partial charge in [0.1, 0.15) is 5.15 Å². The number of nitrogens with one attached hydrogen (secondary N) is 1. The molecule has 0 saturated heterocycles. The van der Waals surface area contributed by atoms with Gasteiger partial charge in [-0.2, -0.15) is 5.10 Å². The second-order valence-electron chi connectivity index (χ2n) is 4.91. The second kappa shape index (κ2) is 7.81. The SMILES string of the molecule is O=C(N/N=C\c1sc(=O)n(Cc2ccc(Br)cc2)c1Cl)c1ccco1. The van der Waals surface area contributed by atoms with Gasteiger partial charge in [-0.1, -0.05) is 51.0 Å². The van der Waals surface area contributed by atoms with E-state index in [1.807, 2.05) is 24.3 Å².